The molecule has 4 aromatic carbocycles. The first kappa shape index (κ1) is 27.0. The van der Waals surface area contributed by atoms with Crippen molar-refractivity contribution < 1.29 is 9.13 Å². The Morgan fingerprint density at radius 3 is 2.33 bits per heavy atom. The van der Waals surface area contributed by atoms with E-state index in [1.807, 2.05) is 11.8 Å². The molecule has 46 heavy (non-hydrogen) atoms. The van der Waals surface area contributed by atoms with Crippen molar-refractivity contribution in [3.05, 3.63) is 131 Å². The number of pyridine rings is 1. The van der Waals surface area contributed by atoms with E-state index >= 15 is 0 Å². The Hall–Kier alpha value is -4.15. The molecule has 1 spiro atoms. The average Bonchev–Trinajstić information content (AvgIpc) is 3.66. The number of nitrogens with zero attached hydrogens (tertiary/aromatic N) is 3. The van der Waals surface area contributed by atoms with Crippen molar-refractivity contribution in [1.29, 1.82) is 0 Å². The molecule has 1 aliphatic carbocycles. The van der Waals surface area contributed by atoms with Crippen molar-refractivity contribution in [1.82, 2.24) is 4.57 Å². The van der Waals surface area contributed by atoms with Crippen molar-refractivity contribution in [3.63, 3.8) is 0 Å². The molecule has 1 atom stereocenters. The van der Waals surface area contributed by atoms with E-state index in [9.17, 15) is 0 Å². The van der Waals surface area contributed by atoms with E-state index < -0.39 is 5.54 Å². The standard InChI is InChI=1S/C42H39N3S/c1-25(2)26-17-19-27(20-18-26)44-33-15-11-16-34-37(33)45-36-31(24-30-35(38(36)46-34)41(5,6)22-21-40(30,3)4)42(39(44)45)29-13-8-7-12-28(29)32-14-9-10-23-43(32)42/h7-20,23-25H,21-22H2,1-6H3/q+2. The van der Waals surface area contributed by atoms with E-state index in [2.05, 4.69) is 152 Å². The van der Waals surface area contributed by atoms with Crippen LogP contribution in [0.5, 0.6) is 0 Å². The first-order chi connectivity index (χ1) is 22.1. The second-order valence-electron chi connectivity index (χ2n) is 15.5. The summed E-state index contributed by atoms with van der Waals surface area (Å²) in [5.74, 6) is 1.80. The maximum atomic E-state index is 2.69. The lowest BCUT2D eigenvalue weighted by Crippen LogP contribution is -2.57. The van der Waals surface area contributed by atoms with Crippen LogP contribution < -0.4 is 9.13 Å². The third-order valence-electron chi connectivity index (χ3n) is 11.7. The predicted octanol–water partition coefficient (Wildman–Crippen LogP) is 9.27. The highest BCUT2D eigenvalue weighted by Crippen LogP contribution is 2.60. The van der Waals surface area contributed by atoms with Crippen molar-refractivity contribution in [2.75, 3.05) is 0 Å². The fourth-order valence-electron chi connectivity index (χ4n) is 9.30. The minimum atomic E-state index is -0.526. The molecule has 0 amide bonds. The maximum Gasteiger partial charge on any atom is 0.352 e. The van der Waals surface area contributed by atoms with Crippen LogP contribution in [0, 0.1) is 0 Å². The number of hydrogen-bond donors (Lipinski definition) is 0. The van der Waals surface area contributed by atoms with Crippen LogP contribution in [0.2, 0.25) is 0 Å². The molecule has 3 aliphatic heterocycles. The monoisotopic (exact) mass is 617 g/mol. The third kappa shape index (κ3) is 3.03. The summed E-state index contributed by atoms with van der Waals surface area (Å²) < 4.78 is 7.88. The topological polar surface area (TPSA) is 12.7 Å². The van der Waals surface area contributed by atoms with Crippen LogP contribution in [0.4, 0.5) is 0 Å². The van der Waals surface area contributed by atoms with Gasteiger partial charge in [0.15, 0.2) is 22.9 Å². The molecule has 1 unspecified atom stereocenters. The number of benzene rings is 4. The van der Waals surface area contributed by atoms with Crippen molar-refractivity contribution in [3.8, 4) is 22.6 Å². The van der Waals surface area contributed by atoms with Crippen LogP contribution in [0.25, 0.3) is 33.7 Å². The van der Waals surface area contributed by atoms with Gasteiger partial charge in [0.05, 0.1) is 26.5 Å². The summed E-state index contributed by atoms with van der Waals surface area (Å²) in [5.41, 5.74) is 14.7. The number of hydrogen-bond acceptors (Lipinski definition) is 1. The third-order valence-corrected chi connectivity index (χ3v) is 12.8. The highest BCUT2D eigenvalue weighted by atomic mass is 32.2. The van der Waals surface area contributed by atoms with Gasteiger partial charge in [0, 0.05) is 12.1 Å². The van der Waals surface area contributed by atoms with Crippen molar-refractivity contribution >= 4 is 22.8 Å². The Labute approximate surface area is 275 Å². The molecule has 0 fully saturated rings. The molecule has 226 valence electrons. The molecule has 0 bridgehead atoms. The Morgan fingerprint density at radius 1 is 0.761 bits per heavy atom. The molecule has 0 saturated heterocycles. The zero-order valence-electron chi connectivity index (χ0n) is 27.5. The molecular formula is C42H39N3S+2. The molecular weight excluding hydrogens is 579 g/mol. The fourth-order valence-corrected chi connectivity index (χ4v) is 10.8. The first-order valence-corrected chi connectivity index (χ1v) is 17.7. The van der Waals surface area contributed by atoms with Crippen LogP contribution in [0.15, 0.2) is 107 Å². The van der Waals surface area contributed by atoms with E-state index in [4.69, 9.17) is 0 Å². The molecule has 2 aromatic heterocycles. The highest BCUT2D eigenvalue weighted by molar-refractivity contribution is 7.99. The van der Waals surface area contributed by atoms with Gasteiger partial charge < -0.3 is 0 Å². The Bertz CT molecular complexity index is 2270. The van der Waals surface area contributed by atoms with Gasteiger partial charge in [0.1, 0.15) is 5.69 Å². The molecule has 0 radical (unpaired) electrons. The lowest BCUT2D eigenvalue weighted by molar-refractivity contribution is -0.733. The van der Waals surface area contributed by atoms with E-state index in [0.717, 1.165) is 0 Å². The zero-order valence-corrected chi connectivity index (χ0v) is 28.3. The van der Waals surface area contributed by atoms with Crippen LogP contribution in [0.3, 0.4) is 0 Å². The number of fused-ring (bicyclic) bond motifs is 9. The highest BCUT2D eigenvalue weighted by Gasteiger charge is 2.69. The van der Waals surface area contributed by atoms with E-state index in [1.54, 1.807) is 5.56 Å². The van der Waals surface area contributed by atoms with Gasteiger partial charge in [-0.25, -0.2) is 0 Å². The van der Waals surface area contributed by atoms with Gasteiger partial charge >= 0.3 is 11.4 Å². The fraction of sp³-hybridized carbons (Fsp3) is 0.286. The summed E-state index contributed by atoms with van der Waals surface area (Å²) in [6.07, 6.45) is 4.72. The smallest absolute Gasteiger partial charge is 0.185 e. The second kappa shape index (κ2) is 8.60. The molecule has 4 heteroatoms. The van der Waals surface area contributed by atoms with E-state index in [1.165, 1.54) is 84.4 Å². The van der Waals surface area contributed by atoms with Crippen LogP contribution in [-0.4, -0.2) is 4.57 Å². The summed E-state index contributed by atoms with van der Waals surface area (Å²) in [4.78, 5) is 2.81. The first-order valence-electron chi connectivity index (χ1n) is 16.9. The number of imidazole rings is 1. The molecule has 0 N–H and O–H groups in total. The second-order valence-corrected chi connectivity index (χ2v) is 16.5. The number of aromatic nitrogens is 3. The Morgan fingerprint density at radius 2 is 1.52 bits per heavy atom. The van der Waals surface area contributed by atoms with Gasteiger partial charge in [-0.1, -0.05) is 89.7 Å². The number of rotatable bonds is 2. The predicted molar refractivity (Wildman–Crippen MR) is 186 cm³/mol. The average molecular weight is 618 g/mol. The van der Waals surface area contributed by atoms with Gasteiger partial charge in [-0.2, -0.15) is 13.7 Å². The lowest BCUT2D eigenvalue weighted by Gasteiger charge is -2.43. The van der Waals surface area contributed by atoms with Gasteiger partial charge in [-0.15, -0.1) is 0 Å². The molecule has 3 nitrogen and oxygen atoms in total. The zero-order chi connectivity index (χ0) is 31.3. The molecule has 0 saturated carbocycles. The normalized spacial score (nSPS) is 20.3. The number of para-hydroxylation sites is 1. The maximum absolute atomic E-state index is 2.69. The summed E-state index contributed by atoms with van der Waals surface area (Å²) in [5, 5.41) is 0. The lowest BCUT2D eigenvalue weighted by atomic mass is 9.62. The van der Waals surface area contributed by atoms with Crippen molar-refractivity contribution in [2.24, 2.45) is 0 Å². The Balaban J connectivity index is 1.46. The van der Waals surface area contributed by atoms with Gasteiger partial charge in [0.2, 0.25) is 5.69 Å². The van der Waals surface area contributed by atoms with Crippen LogP contribution >= 0.6 is 11.8 Å². The Kier molecular flexibility index (Phi) is 5.05. The quantitative estimate of drug-likeness (QED) is 0.176. The van der Waals surface area contributed by atoms with Crippen LogP contribution in [-0.2, 0) is 16.4 Å². The summed E-state index contributed by atoms with van der Waals surface area (Å²) in [6.45, 7) is 14.5. The largest absolute Gasteiger partial charge is 0.352 e. The van der Waals surface area contributed by atoms with Gasteiger partial charge in [0.25, 0.3) is 0 Å². The van der Waals surface area contributed by atoms with Gasteiger partial charge in [-0.05, 0) is 88.7 Å². The molecule has 4 aliphatic rings. The van der Waals surface area contributed by atoms with Crippen molar-refractivity contribution in [2.45, 2.75) is 86.5 Å². The van der Waals surface area contributed by atoms with E-state index in [-0.39, 0.29) is 10.8 Å². The summed E-state index contributed by atoms with van der Waals surface area (Å²) in [7, 11) is 0. The minimum Gasteiger partial charge on any atom is -0.185 e. The van der Waals surface area contributed by atoms with E-state index in [0.29, 0.717) is 5.92 Å². The summed E-state index contributed by atoms with van der Waals surface area (Å²) in [6, 6.07) is 34.9. The SMILES string of the molecule is CC(C)c1ccc(-n2c3[n+]4c5c(cccc52)Sc2c-4c(cc4c2C(C)(C)CCC4(C)C)C32c3ccccc3-c3cccc[n+]32)cc1. The molecule has 6 aromatic rings. The molecule has 10 rings (SSSR count). The van der Waals surface area contributed by atoms with Crippen LogP contribution in [0.1, 0.15) is 93.9 Å². The van der Waals surface area contributed by atoms with Gasteiger partial charge in [-0.3, -0.25) is 0 Å². The minimum absolute atomic E-state index is 0.0899. The summed E-state index contributed by atoms with van der Waals surface area (Å²) >= 11 is 2.02. The molecule has 5 heterocycles.